The van der Waals surface area contributed by atoms with E-state index >= 15 is 0 Å². The Balaban J connectivity index is 1.79. The average molecular weight is 256 g/mol. The van der Waals surface area contributed by atoms with Gasteiger partial charge in [0.25, 0.3) is 5.91 Å². The fraction of sp³-hybridized carbons (Fsp3) is 0.286. The van der Waals surface area contributed by atoms with Crippen LogP contribution in [-0.2, 0) is 0 Å². The SMILES string of the molecule is O=C(c1ccn(-c2ccccc2)n1)N1CCNCC1. The van der Waals surface area contributed by atoms with Gasteiger partial charge in [0.2, 0.25) is 0 Å². The van der Waals surface area contributed by atoms with E-state index in [4.69, 9.17) is 0 Å². The normalized spacial score (nSPS) is 15.5. The van der Waals surface area contributed by atoms with Gasteiger partial charge >= 0.3 is 0 Å². The van der Waals surface area contributed by atoms with E-state index in [-0.39, 0.29) is 5.91 Å². The van der Waals surface area contributed by atoms with Crippen molar-refractivity contribution in [1.82, 2.24) is 20.0 Å². The molecule has 0 bridgehead atoms. The number of hydrogen-bond donors (Lipinski definition) is 1. The number of carbonyl (C=O) groups is 1. The van der Waals surface area contributed by atoms with Crippen molar-refractivity contribution < 1.29 is 4.79 Å². The molecule has 0 saturated carbocycles. The minimum absolute atomic E-state index is 0.0104. The summed E-state index contributed by atoms with van der Waals surface area (Å²) in [6, 6.07) is 11.6. The van der Waals surface area contributed by atoms with E-state index < -0.39 is 0 Å². The topological polar surface area (TPSA) is 50.2 Å². The zero-order valence-corrected chi connectivity index (χ0v) is 10.6. The molecule has 2 heterocycles. The summed E-state index contributed by atoms with van der Waals surface area (Å²) in [6.07, 6.45) is 1.82. The predicted octanol–water partition coefficient (Wildman–Crippen LogP) is 0.918. The van der Waals surface area contributed by atoms with E-state index in [1.807, 2.05) is 41.4 Å². The fourth-order valence-corrected chi connectivity index (χ4v) is 2.19. The standard InChI is InChI=1S/C14H16N4O/c19-14(17-10-7-15-8-11-17)13-6-9-18(16-13)12-4-2-1-3-5-12/h1-6,9,15H,7-8,10-11H2. The van der Waals surface area contributed by atoms with Crippen molar-refractivity contribution in [1.29, 1.82) is 0 Å². The minimum atomic E-state index is 0.0104. The molecular weight excluding hydrogens is 240 g/mol. The Morgan fingerprint density at radius 2 is 1.84 bits per heavy atom. The number of para-hydroxylation sites is 1. The molecule has 98 valence electrons. The number of hydrogen-bond acceptors (Lipinski definition) is 3. The van der Waals surface area contributed by atoms with Crippen LogP contribution in [0.25, 0.3) is 5.69 Å². The summed E-state index contributed by atoms with van der Waals surface area (Å²) in [5.74, 6) is 0.0104. The van der Waals surface area contributed by atoms with Crippen LogP contribution in [0.5, 0.6) is 0 Å². The first-order chi connectivity index (χ1) is 9.34. The third kappa shape index (κ3) is 2.51. The molecule has 5 nitrogen and oxygen atoms in total. The molecule has 19 heavy (non-hydrogen) atoms. The Hall–Kier alpha value is -2.14. The lowest BCUT2D eigenvalue weighted by Crippen LogP contribution is -2.46. The summed E-state index contributed by atoms with van der Waals surface area (Å²) < 4.78 is 1.73. The molecular formula is C14H16N4O. The van der Waals surface area contributed by atoms with Gasteiger partial charge in [0, 0.05) is 32.4 Å². The van der Waals surface area contributed by atoms with Gasteiger partial charge in [-0.25, -0.2) is 4.68 Å². The Labute approximate surface area is 111 Å². The summed E-state index contributed by atoms with van der Waals surface area (Å²) in [4.78, 5) is 14.1. The third-order valence-electron chi connectivity index (χ3n) is 3.23. The lowest BCUT2D eigenvalue weighted by atomic mass is 10.3. The number of carbonyl (C=O) groups excluding carboxylic acids is 1. The molecule has 0 aliphatic carbocycles. The van der Waals surface area contributed by atoms with Crippen molar-refractivity contribution in [3.63, 3.8) is 0 Å². The Morgan fingerprint density at radius 1 is 1.11 bits per heavy atom. The maximum absolute atomic E-state index is 12.3. The number of rotatable bonds is 2. The summed E-state index contributed by atoms with van der Waals surface area (Å²) >= 11 is 0. The highest BCUT2D eigenvalue weighted by Crippen LogP contribution is 2.09. The molecule has 3 rings (SSSR count). The molecule has 2 aromatic rings. The largest absolute Gasteiger partial charge is 0.335 e. The minimum Gasteiger partial charge on any atom is -0.335 e. The number of nitrogens with one attached hydrogen (secondary N) is 1. The van der Waals surface area contributed by atoms with E-state index in [1.54, 1.807) is 10.7 Å². The van der Waals surface area contributed by atoms with Crippen LogP contribution in [0.1, 0.15) is 10.5 Å². The lowest BCUT2D eigenvalue weighted by Gasteiger charge is -2.26. The number of amides is 1. The predicted molar refractivity (Wildman–Crippen MR) is 72.3 cm³/mol. The summed E-state index contributed by atoms with van der Waals surface area (Å²) in [5.41, 5.74) is 1.47. The molecule has 1 aromatic carbocycles. The second-order valence-electron chi connectivity index (χ2n) is 4.52. The molecule has 1 N–H and O–H groups in total. The molecule has 0 spiro atoms. The molecule has 1 saturated heterocycles. The van der Waals surface area contributed by atoms with Crippen molar-refractivity contribution in [2.24, 2.45) is 0 Å². The van der Waals surface area contributed by atoms with Gasteiger partial charge in [0.05, 0.1) is 5.69 Å². The van der Waals surface area contributed by atoms with Crippen molar-refractivity contribution in [2.45, 2.75) is 0 Å². The van der Waals surface area contributed by atoms with E-state index in [0.29, 0.717) is 5.69 Å². The van der Waals surface area contributed by atoms with Crippen LogP contribution in [0.4, 0.5) is 0 Å². The summed E-state index contributed by atoms with van der Waals surface area (Å²) in [5, 5.41) is 7.59. The van der Waals surface area contributed by atoms with Crippen LogP contribution in [-0.4, -0.2) is 46.8 Å². The zero-order chi connectivity index (χ0) is 13.1. The quantitative estimate of drug-likeness (QED) is 0.869. The highest BCUT2D eigenvalue weighted by Gasteiger charge is 2.19. The molecule has 0 unspecified atom stereocenters. The Kier molecular flexibility index (Phi) is 3.29. The molecule has 1 aliphatic rings. The fourth-order valence-electron chi connectivity index (χ4n) is 2.19. The monoisotopic (exact) mass is 256 g/mol. The van der Waals surface area contributed by atoms with Crippen LogP contribution >= 0.6 is 0 Å². The number of benzene rings is 1. The van der Waals surface area contributed by atoms with Crippen LogP contribution < -0.4 is 5.32 Å². The maximum Gasteiger partial charge on any atom is 0.274 e. The van der Waals surface area contributed by atoms with Gasteiger partial charge in [0.1, 0.15) is 0 Å². The number of nitrogens with zero attached hydrogens (tertiary/aromatic N) is 3. The van der Waals surface area contributed by atoms with Crippen molar-refractivity contribution in [3.8, 4) is 5.69 Å². The first-order valence-electron chi connectivity index (χ1n) is 6.46. The second-order valence-corrected chi connectivity index (χ2v) is 4.52. The Bertz CT molecular complexity index is 558. The van der Waals surface area contributed by atoms with Gasteiger partial charge in [0.15, 0.2) is 5.69 Å². The molecule has 0 radical (unpaired) electrons. The van der Waals surface area contributed by atoms with Gasteiger partial charge < -0.3 is 10.2 Å². The molecule has 5 heteroatoms. The van der Waals surface area contributed by atoms with E-state index in [0.717, 1.165) is 31.9 Å². The molecule has 1 aliphatic heterocycles. The van der Waals surface area contributed by atoms with Gasteiger partial charge in [-0.1, -0.05) is 18.2 Å². The zero-order valence-electron chi connectivity index (χ0n) is 10.6. The molecule has 1 amide bonds. The van der Waals surface area contributed by atoms with E-state index in [1.165, 1.54) is 0 Å². The molecule has 1 fully saturated rings. The number of piperazine rings is 1. The van der Waals surface area contributed by atoms with Crippen LogP contribution in [0.15, 0.2) is 42.6 Å². The van der Waals surface area contributed by atoms with Gasteiger partial charge in [-0.2, -0.15) is 5.10 Å². The van der Waals surface area contributed by atoms with Crippen molar-refractivity contribution in [2.75, 3.05) is 26.2 Å². The number of aromatic nitrogens is 2. The van der Waals surface area contributed by atoms with E-state index in [2.05, 4.69) is 10.4 Å². The second kappa shape index (κ2) is 5.24. The average Bonchev–Trinajstić information content (AvgIpc) is 2.98. The van der Waals surface area contributed by atoms with Crippen LogP contribution in [0.2, 0.25) is 0 Å². The van der Waals surface area contributed by atoms with Crippen LogP contribution in [0.3, 0.4) is 0 Å². The highest BCUT2D eigenvalue weighted by molar-refractivity contribution is 5.92. The third-order valence-corrected chi connectivity index (χ3v) is 3.23. The van der Waals surface area contributed by atoms with Crippen molar-refractivity contribution in [3.05, 3.63) is 48.3 Å². The first-order valence-corrected chi connectivity index (χ1v) is 6.46. The highest BCUT2D eigenvalue weighted by atomic mass is 16.2. The first kappa shape index (κ1) is 11.9. The summed E-state index contributed by atoms with van der Waals surface area (Å²) in [7, 11) is 0. The summed E-state index contributed by atoms with van der Waals surface area (Å²) in [6.45, 7) is 3.20. The van der Waals surface area contributed by atoms with Gasteiger partial charge in [-0.3, -0.25) is 4.79 Å². The van der Waals surface area contributed by atoms with Crippen molar-refractivity contribution >= 4 is 5.91 Å². The lowest BCUT2D eigenvalue weighted by molar-refractivity contribution is 0.0729. The Morgan fingerprint density at radius 3 is 2.58 bits per heavy atom. The van der Waals surface area contributed by atoms with E-state index in [9.17, 15) is 4.79 Å². The maximum atomic E-state index is 12.3. The van der Waals surface area contributed by atoms with Crippen LogP contribution in [0, 0.1) is 0 Å². The molecule has 0 atom stereocenters. The molecule has 1 aromatic heterocycles. The van der Waals surface area contributed by atoms with Gasteiger partial charge in [-0.05, 0) is 18.2 Å². The van der Waals surface area contributed by atoms with Gasteiger partial charge in [-0.15, -0.1) is 0 Å². The smallest absolute Gasteiger partial charge is 0.274 e.